The number of amides is 1. The normalized spacial score (nSPS) is 11.0. The molecule has 6 heteroatoms. The van der Waals surface area contributed by atoms with Gasteiger partial charge in [-0.15, -0.1) is 5.10 Å². The number of carbonyl (C=O) groups excluding carboxylic acids is 1. The summed E-state index contributed by atoms with van der Waals surface area (Å²) in [6, 6.07) is 0.228. The average molecular weight is 226 g/mol. The molecule has 0 spiro atoms. The Morgan fingerprint density at radius 1 is 1.50 bits per heavy atom. The second-order valence-corrected chi connectivity index (χ2v) is 3.60. The minimum absolute atomic E-state index is 0.203. The monoisotopic (exact) mass is 226 g/mol. The maximum atomic E-state index is 11.2. The van der Waals surface area contributed by atoms with E-state index in [4.69, 9.17) is 10.5 Å². The smallest absolute Gasteiger partial charge is 0.271 e. The summed E-state index contributed by atoms with van der Waals surface area (Å²) in [5.41, 5.74) is 6.09. The molecule has 0 aromatic carbocycles. The number of nitrogens with zero attached hydrogens (tertiary/aromatic N) is 3. The molecule has 1 amide bonds. The third-order valence-electron chi connectivity index (χ3n) is 2.59. The van der Waals surface area contributed by atoms with Gasteiger partial charge in [-0.25, -0.2) is 4.68 Å². The Hall–Kier alpha value is -1.43. The first-order chi connectivity index (χ1) is 7.65. The molecule has 0 atom stereocenters. The summed E-state index contributed by atoms with van der Waals surface area (Å²) in [5, 5.41) is 7.79. The molecule has 1 aromatic rings. The van der Waals surface area contributed by atoms with E-state index in [9.17, 15) is 4.79 Å². The van der Waals surface area contributed by atoms with Crippen molar-refractivity contribution in [3.63, 3.8) is 0 Å². The van der Waals surface area contributed by atoms with Crippen molar-refractivity contribution in [2.45, 2.75) is 39.3 Å². The number of hydrogen-bond donors (Lipinski definition) is 1. The molecule has 0 aliphatic rings. The Labute approximate surface area is 94.8 Å². The molecule has 0 aliphatic heterocycles. The Morgan fingerprint density at radius 3 is 2.56 bits per heavy atom. The highest BCUT2D eigenvalue weighted by Gasteiger charge is 2.20. The molecule has 0 saturated heterocycles. The highest BCUT2D eigenvalue weighted by atomic mass is 16.5. The molecule has 1 heterocycles. The first-order valence-corrected chi connectivity index (χ1v) is 5.38. The summed E-state index contributed by atoms with van der Waals surface area (Å²) in [7, 11) is 1.56. The SMILES string of the molecule is CCC(CC)n1nnc(C(N)=O)c1COC. The molecule has 1 rings (SSSR count). The minimum atomic E-state index is -0.566. The van der Waals surface area contributed by atoms with E-state index in [-0.39, 0.29) is 11.7 Å². The van der Waals surface area contributed by atoms with Gasteiger partial charge in [0.2, 0.25) is 0 Å². The van der Waals surface area contributed by atoms with Gasteiger partial charge in [0.15, 0.2) is 5.69 Å². The maximum absolute atomic E-state index is 11.2. The van der Waals surface area contributed by atoms with Gasteiger partial charge < -0.3 is 10.5 Å². The summed E-state index contributed by atoms with van der Waals surface area (Å²) in [6.07, 6.45) is 1.85. The summed E-state index contributed by atoms with van der Waals surface area (Å²) < 4.78 is 6.79. The lowest BCUT2D eigenvalue weighted by molar-refractivity contribution is 0.0989. The van der Waals surface area contributed by atoms with Crippen LogP contribution in [0.5, 0.6) is 0 Å². The van der Waals surface area contributed by atoms with Crippen molar-refractivity contribution in [3.05, 3.63) is 11.4 Å². The van der Waals surface area contributed by atoms with E-state index in [0.29, 0.717) is 12.3 Å². The highest BCUT2D eigenvalue weighted by Crippen LogP contribution is 2.18. The van der Waals surface area contributed by atoms with Crippen molar-refractivity contribution in [1.29, 1.82) is 0 Å². The fourth-order valence-electron chi connectivity index (χ4n) is 1.70. The number of methoxy groups -OCH3 is 1. The third kappa shape index (κ3) is 2.38. The lowest BCUT2D eigenvalue weighted by Gasteiger charge is -2.15. The first-order valence-electron chi connectivity index (χ1n) is 5.38. The van der Waals surface area contributed by atoms with Crippen molar-refractivity contribution < 1.29 is 9.53 Å². The molecule has 0 radical (unpaired) electrons. The summed E-state index contributed by atoms with van der Waals surface area (Å²) in [6.45, 7) is 4.43. The molecular weight excluding hydrogens is 208 g/mol. The van der Waals surface area contributed by atoms with E-state index < -0.39 is 5.91 Å². The highest BCUT2D eigenvalue weighted by molar-refractivity contribution is 5.91. The van der Waals surface area contributed by atoms with E-state index >= 15 is 0 Å². The van der Waals surface area contributed by atoms with Crippen LogP contribution >= 0.6 is 0 Å². The summed E-state index contributed by atoms with van der Waals surface area (Å²) in [5.74, 6) is -0.566. The molecule has 0 fully saturated rings. The fraction of sp³-hybridized carbons (Fsp3) is 0.700. The lowest BCUT2D eigenvalue weighted by Crippen LogP contribution is -2.17. The van der Waals surface area contributed by atoms with Crippen LogP contribution in [0.25, 0.3) is 0 Å². The number of aromatic nitrogens is 3. The zero-order valence-corrected chi connectivity index (χ0v) is 9.93. The van der Waals surface area contributed by atoms with E-state index in [1.165, 1.54) is 0 Å². The minimum Gasteiger partial charge on any atom is -0.378 e. The van der Waals surface area contributed by atoms with Crippen molar-refractivity contribution in [3.8, 4) is 0 Å². The van der Waals surface area contributed by atoms with Crippen LogP contribution < -0.4 is 5.73 Å². The zero-order chi connectivity index (χ0) is 12.1. The van der Waals surface area contributed by atoms with Gasteiger partial charge in [0.1, 0.15) is 0 Å². The van der Waals surface area contributed by atoms with E-state index in [1.807, 2.05) is 0 Å². The van der Waals surface area contributed by atoms with Crippen LogP contribution in [-0.2, 0) is 11.3 Å². The molecule has 90 valence electrons. The van der Waals surface area contributed by atoms with Gasteiger partial charge in [0.05, 0.1) is 18.3 Å². The average Bonchev–Trinajstić information content (AvgIpc) is 2.65. The van der Waals surface area contributed by atoms with Crippen LogP contribution in [0, 0.1) is 0 Å². The molecule has 2 N–H and O–H groups in total. The molecule has 0 bridgehead atoms. The summed E-state index contributed by atoms with van der Waals surface area (Å²) >= 11 is 0. The summed E-state index contributed by atoms with van der Waals surface area (Å²) in [4.78, 5) is 11.2. The Balaban J connectivity index is 3.13. The number of primary amides is 1. The van der Waals surface area contributed by atoms with Gasteiger partial charge in [0.25, 0.3) is 5.91 Å². The van der Waals surface area contributed by atoms with Crippen LogP contribution in [0.2, 0.25) is 0 Å². The number of nitrogens with two attached hydrogens (primary N) is 1. The zero-order valence-electron chi connectivity index (χ0n) is 9.93. The topological polar surface area (TPSA) is 83.0 Å². The molecule has 0 aliphatic carbocycles. The Bertz CT molecular complexity index is 358. The van der Waals surface area contributed by atoms with Crippen LogP contribution in [0.3, 0.4) is 0 Å². The van der Waals surface area contributed by atoms with E-state index in [0.717, 1.165) is 12.8 Å². The van der Waals surface area contributed by atoms with Gasteiger partial charge in [-0.2, -0.15) is 0 Å². The molecule has 0 unspecified atom stereocenters. The standard InChI is InChI=1S/C10H18N4O2/c1-4-7(5-2)14-8(6-16-3)9(10(11)15)12-13-14/h7H,4-6H2,1-3H3,(H2,11,15). The largest absolute Gasteiger partial charge is 0.378 e. The van der Waals surface area contributed by atoms with Crippen LogP contribution in [0.4, 0.5) is 0 Å². The molecule has 6 nitrogen and oxygen atoms in total. The van der Waals surface area contributed by atoms with Crippen molar-refractivity contribution in [2.75, 3.05) is 7.11 Å². The number of hydrogen-bond acceptors (Lipinski definition) is 4. The second kappa shape index (κ2) is 5.60. The number of carbonyl (C=O) groups is 1. The molecular formula is C10H18N4O2. The second-order valence-electron chi connectivity index (χ2n) is 3.60. The Morgan fingerprint density at radius 2 is 2.12 bits per heavy atom. The van der Waals surface area contributed by atoms with E-state index in [2.05, 4.69) is 24.2 Å². The molecule has 0 saturated carbocycles. The number of ether oxygens (including phenoxy) is 1. The molecule has 16 heavy (non-hydrogen) atoms. The predicted molar refractivity (Wildman–Crippen MR) is 58.9 cm³/mol. The number of rotatable bonds is 6. The first kappa shape index (κ1) is 12.6. The van der Waals surface area contributed by atoms with Gasteiger partial charge in [-0.05, 0) is 12.8 Å². The van der Waals surface area contributed by atoms with Crippen LogP contribution in [0.1, 0.15) is 48.9 Å². The third-order valence-corrected chi connectivity index (χ3v) is 2.59. The van der Waals surface area contributed by atoms with Gasteiger partial charge in [0, 0.05) is 7.11 Å². The Kier molecular flexibility index (Phi) is 4.42. The van der Waals surface area contributed by atoms with Crippen molar-refractivity contribution in [2.24, 2.45) is 5.73 Å². The van der Waals surface area contributed by atoms with Crippen LogP contribution in [-0.4, -0.2) is 28.0 Å². The van der Waals surface area contributed by atoms with Gasteiger partial charge in [-0.3, -0.25) is 4.79 Å². The van der Waals surface area contributed by atoms with Crippen LogP contribution in [0.15, 0.2) is 0 Å². The lowest BCUT2D eigenvalue weighted by atomic mass is 10.1. The van der Waals surface area contributed by atoms with Gasteiger partial charge >= 0.3 is 0 Å². The fourth-order valence-corrected chi connectivity index (χ4v) is 1.70. The molecule has 1 aromatic heterocycles. The quantitative estimate of drug-likeness (QED) is 0.780. The maximum Gasteiger partial charge on any atom is 0.271 e. The van der Waals surface area contributed by atoms with Gasteiger partial charge in [-0.1, -0.05) is 19.1 Å². The van der Waals surface area contributed by atoms with Crippen molar-refractivity contribution in [1.82, 2.24) is 15.0 Å². The van der Waals surface area contributed by atoms with Crippen molar-refractivity contribution >= 4 is 5.91 Å². The van der Waals surface area contributed by atoms with E-state index in [1.54, 1.807) is 11.8 Å². The predicted octanol–water partition coefficient (Wildman–Crippen LogP) is 0.885.